The largest absolute Gasteiger partial charge is 0.338 e. The van der Waals surface area contributed by atoms with E-state index in [9.17, 15) is 0 Å². The molecule has 0 N–H and O–H groups in total. The van der Waals surface area contributed by atoms with Crippen LogP contribution in [0.4, 0.5) is 5.95 Å². The van der Waals surface area contributed by atoms with E-state index in [1.165, 1.54) is 19.4 Å². The highest BCUT2D eigenvalue weighted by Crippen LogP contribution is 2.23. The number of aromatic nitrogens is 2. The molecule has 0 aliphatic carbocycles. The number of piperazine rings is 1. The van der Waals surface area contributed by atoms with Crippen molar-refractivity contribution in [3.05, 3.63) is 17.5 Å². The van der Waals surface area contributed by atoms with Gasteiger partial charge in [0.2, 0.25) is 5.95 Å². The van der Waals surface area contributed by atoms with Gasteiger partial charge < -0.3 is 4.90 Å². The summed E-state index contributed by atoms with van der Waals surface area (Å²) in [5.74, 6) is 0.720. The Balaban J connectivity index is 1.82. The molecule has 1 atom stereocenters. The maximum atomic E-state index is 8.97. The molecule has 1 unspecified atom stereocenters. The zero-order valence-corrected chi connectivity index (χ0v) is 10.6. The molecule has 0 spiro atoms. The molecule has 3 heterocycles. The Hall–Kier alpha value is -1.67. The Bertz CT molecular complexity index is 493. The summed E-state index contributed by atoms with van der Waals surface area (Å²) in [6, 6.07) is 4.48. The van der Waals surface area contributed by atoms with Gasteiger partial charge in [-0.25, -0.2) is 9.97 Å². The molecule has 5 heteroatoms. The maximum absolute atomic E-state index is 8.97. The number of hydrogen-bond acceptors (Lipinski definition) is 5. The fraction of sp³-hybridized carbons (Fsp3) is 0.615. The molecule has 1 aromatic heterocycles. The second kappa shape index (κ2) is 4.54. The summed E-state index contributed by atoms with van der Waals surface area (Å²) in [6.45, 7) is 6.19. The Morgan fingerprint density at radius 3 is 3.06 bits per heavy atom. The summed E-state index contributed by atoms with van der Waals surface area (Å²) in [5.41, 5.74) is 1.33. The van der Waals surface area contributed by atoms with Crippen LogP contribution in [0.2, 0.25) is 0 Å². The van der Waals surface area contributed by atoms with Crippen LogP contribution in [0.3, 0.4) is 0 Å². The average Bonchev–Trinajstić information content (AvgIpc) is 2.85. The maximum Gasteiger partial charge on any atom is 0.226 e. The molecular weight excluding hydrogens is 226 g/mol. The Kier molecular flexibility index (Phi) is 2.88. The zero-order chi connectivity index (χ0) is 12.5. The first-order valence-electron chi connectivity index (χ1n) is 6.51. The van der Waals surface area contributed by atoms with E-state index >= 15 is 0 Å². The van der Waals surface area contributed by atoms with Crippen molar-refractivity contribution in [3.8, 4) is 6.07 Å². The van der Waals surface area contributed by atoms with Crippen molar-refractivity contribution >= 4 is 5.95 Å². The van der Waals surface area contributed by atoms with E-state index in [1.54, 1.807) is 6.07 Å². The third-order valence-electron chi connectivity index (χ3n) is 3.83. The highest BCUT2D eigenvalue weighted by atomic mass is 15.3. The standard InChI is InChI=1S/C13H17N5/c1-10-7-11(8-14)16-13(15-10)18-6-5-17-4-2-3-12(17)9-18/h7,12H,2-6,9H2,1H3. The summed E-state index contributed by atoms with van der Waals surface area (Å²) in [7, 11) is 0. The fourth-order valence-electron chi connectivity index (χ4n) is 2.92. The lowest BCUT2D eigenvalue weighted by Gasteiger charge is -2.37. The van der Waals surface area contributed by atoms with Gasteiger partial charge in [0, 0.05) is 31.4 Å². The zero-order valence-electron chi connectivity index (χ0n) is 10.6. The number of fused-ring (bicyclic) bond motifs is 1. The monoisotopic (exact) mass is 243 g/mol. The number of anilines is 1. The Morgan fingerprint density at radius 2 is 2.22 bits per heavy atom. The van der Waals surface area contributed by atoms with Crippen LogP contribution in [0.1, 0.15) is 24.2 Å². The second-order valence-electron chi connectivity index (χ2n) is 5.08. The van der Waals surface area contributed by atoms with Gasteiger partial charge in [-0.1, -0.05) is 0 Å². The van der Waals surface area contributed by atoms with E-state index < -0.39 is 0 Å². The summed E-state index contributed by atoms with van der Waals surface area (Å²) in [6.07, 6.45) is 2.57. The molecule has 0 bridgehead atoms. The van der Waals surface area contributed by atoms with Crippen LogP contribution in [0.15, 0.2) is 6.07 Å². The van der Waals surface area contributed by atoms with Crippen molar-refractivity contribution in [2.75, 3.05) is 31.1 Å². The molecule has 0 aromatic carbocycles. The third-order valence-corrected chi connectivity index (χ3v) is 3.83. The predicted octanol–water partition coefficient (Wildman–Crippen LogP) is 0.941. The average molecular weight is 243 g/mol. The van der Waals surface area contributed by atoms with E-state index in [4.69, 9.17) is 5.26 Å². The lowest BCUT2D eigenvalue weighted by atomic mass is 10.1. The molecule has 2 aliphatic heterocycles. The Morgan fingerprint density at radius 1 is 1.33 bits per heavy atom. The van der Waals surface area contributed by atoms with Gasteiger partial charge in [-0.2, -0.15) is 5.26 Å². The molecule has 2 aliphatic rings. The molecule has 0 amide bonds. The van der Waals surface area contributed by atoms with Crippen molar-refractivity contribution in [2.24, 2.45) is 0 Å². The summed E-state index contributed by atoms with van der Waals surface area (Å²) in [5, 5.41) is 8.97. The normalized spacial score (nSPS) is 23.8. The quantitative estimate of drug-likeness (QED) is 0.734. The lowest BCUT2D eigenvalue weighted by molar-refractivity contribution is 0.229. The SMILES string of the molecule is Cc1cc(C#N)nc(N2CCN3CCCC3C2)n1. The second-order valence-corrected chi connectivity index (χ2v) is 5.08. The summed E-state index contributed by atoms with van der Waals surface area (Å²) in [4.78, 5) is 13.6. The minimum atomic E-state index is 0.464. The Labute approximate surface area is 107 Å². The molecule has 1 aromatic rings. The molecular formula is C13H17N5. The number of hydrogen-bond donors (Lipinski definition) is 0. The first-order valence-corrected chi connectivity index (χ1v) is 6.51. The van der Waals surface area contributed by atoms with Gasteiger partial charge in [0.25, 0.3) is 0 Å². The van der Waals surface area contributed by atoms with E-state index in [1.807, 2.05) is 6.92 Å². The van der Waals surface area contributed by atoms with Crippen molar-refractivity contribution in [1.82, 2.24) is 14.9 Å². The highest BCUT2D eigenvalue weighted by Gasteiger charge is 2.31. The smallest absolute Gasteiger partial charge is 0.226 e. The highest BCUT2D eigenvalue weighted by molar-refractivity contribution is 5.37. The van der Waals surface area contributed by atoms with E-state index in [-0.39, 0.29) is 0 Å². The topological polar surface area (TPSA) is 56.1 Å². The molecule has 0 radical (unpaired) electrons. The van der Waals surface area contributed by atoms with Crippen LogP contribution in [0.5, 0.6) is 0 Å². The van der Waals surface area contributed by atoms with Crippen LogP contribution in [0.25, 0.3) is 0 Å². The van der Waals surface area contributed by atoms with Crippen molar-refractivity contribution in [3.63, 3.8) is 0 Å². The van der Waals surface area contributed by atoms with E-state index in [0.717, 1.165) is 31.3 Å². The number of rotatable bonds is 1. The first-order chi connectivity index (χ1) is 8.76. The molecule has 2 fully saturated rings. The first kappa shape index (κ1) is 11.4. The van der Waals surface area contributed by atoms with Gasteiger partial charge in [0.1, 0.15) is 11.8 Å². The minimum Gasteiger partial charge on any atom is -0.338 e. The van der Waals surface area contributed by atoms with Gasteiger partial charge in [-0.3, -0.25) is 4.90 Å². The van der Waals surface area contributed by atoms with Crippen LogP contribution in [-0.2, 0) is 0 Å². The van der Waals surface area contributed by atoms with Crippen molar-refractivity contribution < 1.29 is 0 Å². The van der Waals surface area contributed by atoms with Crippen LogP contribution in [-0.4, -0.2) is 47.1 Å². The van der Waals surface area contributed by atoms with Gasteiger partial charge in [-0.05, 0) is 32.4 Å². The van der Waals surface area contributed by atoms with Gasteiger partial charge in [0.05, 0.1) is 0 Å². The summed E-state index contributed by atoms with van der Waals surface area (Å²) < 4.78 is 0. The van der Waals surface area contributed by atoms with E-state index in [2.05, 4.69) is 25.8 Å². The van der Waals surface area contributed by atoms with Crippen LogP contribution < -0.4 is 4.90 Å². The predicted molar refractivity (Wildman–Crippen MR) is 68.3 cm³/mol. The van der Waals surface area contributed by atoms with Crippen molar-refractivity contribution in [2.45, 2.75) is 25.8 Å². The van der Waals surface area contributed by atoms with Crippen LogP contribution in [0, 0.1) is 18.3 Å². The molecule has 0 saturated carbocycles. The van der Waals surface area contributed by atoms with Crippen LogP contribution >= 0.6 is 0 Å². The van der Waals surface area contributed by atoms with Crippen molar-refractivity contribution in [1.29, 1.82) is 5.26 Å². The minimum absolute atomic E-state index is 0.464. The molecule has 2 saturated heterocycles. The molecule has 3 rings (SSSR count). The molecule has 94 valence electrons. The molecule has 5 nitrogen and oxygen atoms in total. The summed E-state index contributed by atoms with van der Waals surface area (Å²) >= 11 is 0. The van der Waals surface area contributed by atoms with E-state index in [0.29, 0.717) is 11.7 Å². The lowest BCUT2D eigenvalue weighted by Crippen LogP contribution is -2.50. The molecule has 18 heavy (non-hydrogen) atoms. The van der Waals surface area contributed by atoms with Gasteiger partial charge in [-0.15, -0.1) is 0 Å². The van der Waals surface area contributed by atoms with Gasteiger partial charge >= 0.3 is 0 Å². The van der Waals surface area contributed by atoms with Gasteiger partial charge in [0.15, 0.2) is 0 Å². The third kappa shape index (κ3) is 2.04. The number of nitrogens with zero attached hydrogens (tertiary/aromatic N) is 5. The number of nitriles is 1. The fourth-order valence-corrected chi connectivity index (χ4v) is 2.92. The number of aryl methyl sites for hydroxylation is 1.